The first-order valence-corrected chi connectivity index (χ1v) is 3.42. The van der Waals surface area contributed by atoms with Gasteiger partial charge in [-0.3, -0.25) is 0 Å². The van der Waals surface area contributed by atoms with Gasteiger partial charge in [-0.2, -0.15) is 0 Å². The van der Waals surface area contributed by atoms with E-state index in [-0.39, 0.29) is 16.5 Å². The van der Waals surface area contributed by atoms with Gasteiger partial charge in [-0.05, 0) is 0 Å². The van der Waals surface area contributed by atoms with E-state index in [1.165, 1.54) is 7.11 Å². The van der Waals surface area contributed by atoms with Crippen molar-refractivity contribution in [3.8, 4) is 5.75 Å². The van der Waals surface area contributed by atoms with Crippen molar-refractivity contribution in [2.75, 3.05) is 12.8 Å². The van der Waals surface area contributed by atoms with E-state index < -0.39 is 11.6 Å². The molecular formula is C7H6ClF2NO. The van der Waals surface area contributed by atoms with Gasteiger partial charge in [-0.1, -0.05) is 11.6 Å². The lowest BCUT2D eigenvalue weighted by Gasteiger charge is -2.06. The van der Waals surface area contributed by atoms with Crippen LogP contribution in [-0.2, 0) is 0 Å². The predicted molar refractivity (Wildman–Crippen MR) is 42.3 cm³/mol. The molecule has 0 aromatic heterocycles. The fraction of sp³-hybridized carbons (Fsp3) is 0.143. The molecule has 1 aromatic carbocycles. The molecular weight excluding hydrogens is 188 g/mol. The van der Waals surface area contributed by atoms with Crippen molar-refractivity contribution in [2.45, 2.75) is 0 Å². The van der Waals surface area contributed by atoms with Gasteiger partial charge in [0.15, 0.2) is 11.6 Å². The highest BCUT2D eigenvalue weighted by Crippen LogP contribution is 2.31. The maximum Gasteiger partial charge on any atom is 0.187 e. The molecule has 0 spiro atoms. The Balaban J connectivity index is 3.39. The molecule has 2 nitrogen and oxygen atoms in total. The number of rotatable bonds is 1. The van der Waals surface area contributed by atoms with Crippen LogP contribution in [0.1, 0.15) is 0 Å². The Bertz CT molecular complexity index is 317. The van der Waals surface area contributed by atoms with Crippen LogP contribution < -0.4 is 10.5 Å². The molecule has 0 aliphatic heterocycles. The highest BCUT2D eigenvalue weighted by atomic mass is 35.5. The largest absolute Gasteiger partial charge is 0.494 e. The molecule has 12 heavy (non-hydrogen) atoms. The van der Waals surface area contributed by atoms with Gasteiger partial charge in [0.1, 0.15) is 11.4 Å². The minimum Gasteiger partial charge on any atom is -0.494 e. The van der Waals surface area contributed by atoms with Gasteiger partial charge in [0.2, 0.25) is 0 Å². The van der Waals surface area contributed by atoms with Crippen molar-refractivity contribution >= 4 is 17.3 Å². The second-order valence-corrected chi connectivity index (χ2v) is 2.51. The zero-order valence-electron chi connectivity index (χ0n) is 6.20. The van der Waals surface area contributed by atoms with Crippen molar-refractivity contribution in [1.29, 1.82) is 0 Å². The van der Waals surface area contributed by atoms with E-state index in [1.807, 2.05) is 0 Å². The van der Waals surface area contributed by atoms with Crippen molar-refractivity contribution in [3.63, 3.8) is 0 Å². The van der Waals surface area contributed by atoms with Crippen molar-refractivity contribution in [2.24, 2.45) is 0 Å². The van der Waals surface area contributed by atoms with Crippen LogP contribution in [0.25, 0.3) is 0 Å². The third-order valence-corrected chi connectivity index (χ3v) is 1.66. The molecule has 0 bridgehead atoms. The van der Waals surface area contributed by atoms with Gasteiger partial charge < -0.3 is 10.5 Å². The Morgan fingerprint density at radius 1 is 1.42 bits per heavy atom. The fourth-order valence-corrected chi connectivity index (χ4v) is 0.938. The highest BCUT2D eigenvalue weighted by Gasteiger charge is 2.15. The minimum atomic E-state index is -1.18. The molecule has 0 heterocycles. The van der Waals surface area contributed by atoms with Gasteiger partial charge in [-0.15, -0.1) is 0 Å². The molecule has 2 N–H and O–H groups in total. The molecule has 5 heteroatoms. The Hall–Kier alpha value is -1.03. The smallest absolute Gasteiger partial charge is 0.187 e. The number of hydrogen-bond acceptors (Lipinski definition) is 2. The predicted octanol–water partition coefficient (Wildman–Crippen LogP) is 2.21. The summed E-state index contributed by atoms with van der Waals surface area (Å²) in [7, 11) is 1.29. The van der Waals surface area contributed by atoms with Crippen molar-refractivity contribution in [3.05, 3.63) is 22.7 Å². The van der Waals surface area contributed by atoms with Gasteiger partial charge in [0.25, 0.3) is 0 Å². The summed E-state index contributed by atoms with van der Waals surface area (Å²) in [6.07, 6.45) is 0. The molecule has 0 aliphatic rings. The highest BCUT2D eigenvalue weighted by molar-refractivity contribution is 6.31. The summed E-state index contributed by atoms with van der Waals surface area (Å²) < 4.78 is 30.1. The average Bonchev–Trinajstić information content (AvgIpc) is 2.08. The molecule has 66 valence electrons. The van der Waals surface area contributed by atoms with Crippen LogP contribution in [0.4, 0.5) is 14.5 Å². The van der Waals surface area contributed by atoms with E-state index in [0.717, 1.165) is 6.07 Å². The molecule has 1 rings (SSSR count). The van der Waals surface area contributed by atoms with E-state index in [9.17, 15) is 8.78 Å². The Morgan fingerprint density at radius 2 is 2.00 bits per heavy atom. The van der Waals surface area contributed by atoms with Crippen LogP contribution in [0.15, 0.2) is 6.07 Å². The fourth-order valence-electron chi connectivity index (χ4n) is 0.756. The van der Waals surface area contributed by atoms with E-state index in [2.05, 4.69) is 4.74 Å². The van der Waals surface area contributed by atoms with Crippen LogP contribution in [-0.4, -0.2) is 7.11 Å². The number of benzene rings is 1. The molecule has 0 atom stereocenters. The summed E-state index contributed by atoms with van der Waals surface area (Å²) >= 11 is 5.32. The number of hydrogen-bond donors (Lipinski definition) is 1. The summed E-state index contributed by atoms with van der Waals surface area (Å²) in [5, 5.41) is -0.349. The van der Waals surface area contributed by atoms with Crippen LogP contribution in [0.3, 0.4) is 0 Å². The maximum absolute atomic E-state index is 12.8. The van der Waals surface area contributed by atoms with E-state index in [1.54, 1.807) is 0 Å². The molecule has 0 amide bonds. The summed E-state index contributed by atoms with van der Waals surface area (Å²) in [5.74, 6) is -2.31. The third kappa shape index (κ3) is 1.30. The summed E-state index contributed by atoms with van der Waals surface area (Å²) in [6.45, 7) is 0. The molecule has 0 saturated heterocycles. The molecule has 0 aliphatic carbocycles. The van der Waals surface area contributed by atoms with Crippen LogP contribution in [0, 0.1) is 11.6 Å². The van der Waals surface area contributed by atoms with Gasteiger partial charge >= 0.3 is 0 Å². The summed E-state index contributed by atoms with van der Waals surface area (Å²) in [6, 6.07) is 1.12. The maximum atomic E-state index is 12.8. The molecule has 0 unspecified atom stereocenters. The first kappa shape index (κ1) is 9.06. The monoisotopic (exact) mass is 193 g/mol. The Labute approximate surface area is 72.9 Å². The second-order valence-electron chi connectivity index (χ2n) is 2.10. The first-order chi connectivity index (χ1) is 5.57. The normalized spacial score (nSPS) is 10.0. The number of nitrogens with two attached hydrogens (primary N) is 1. The van der Waals surface area contributed by atoms with Gasteiger partial charge in [0, 0.05) is 6.07 Å². The molecule has 0 radical (unpaired) electrons. The van der Waals surface area contributed by atoms with Crippen LogP contribution in [0.2, 0.25) is 5.02 Å². The van der Waals surface area contributed by atoms with E-state index in [4.69, 9.17) is 17.3 Å². The second kappa shape index (κ2) is 3.15. The lowest BCUT2D eigenvalue weighted by molar-refractivity contribution is 0.410. The average molecular weight is 194 g/mol. The number of halogens is 3. The van der Waals surface area contributed by atoms with Crippen molar-refractivity contribution in [1.82, 2.24) is 0 Å². The quantitative estimate of drug-likeness (QED) is 0.548. The van der Waals surface area contributed by atoms with Crippen molar-refractivity contribution < 1.29 is 13.5 Å². The number of nitrogen functional groups attached to an aromatic ring is 1. The van der Waals surface area contributed by atoms with Crippen LogP contribution >= 0.6 is 11.6 Å². The standard InChI is InChI=1S/C7H6ClF2NO/c1-12-4-2-3(8)5(9)6(10)7(4)11/h2H,11H2,1H3. The Kier molecular flexibility index (Phi) is 2.38. The zero-order valence-corrected chi connectivity index (χ0v) is 6.95. The molecule has 0 fully saturated rings. The molecule has 1 aromatic rings. The minimum absolute atomic E-state index is 0.0268. The zero-order chi connectivity index (χ0) is 9.30. The van der Waals surface area contributed by atoms with E-state index in [0.29, 0.717) is 0 Å². The number of anilines is 1. The lowest BCUT2D eigenvalue weighted by atomic mass is 10.2. The molecule has 0 saturated carbocycles. The Morgan fingerprint density at radius 3 is 2.50 bits per heavy atom. The first-order valence-electron chi connectivity index (χ1n) is 3.05. The van der Waals surface area contributed by atoms with Crippen LogP contribution in [0.5, 0.6) is 5.75 Å². The SMILES string of the molecule is COc1cc(Cl)c(F)c(F)c1N. The van der Waals surface area contributed by atoms with E-state index >= 15 is 0 Å². The third-order valence-electron chi connectivity index (χ3n) is 1.38. The number of ether oxygens (including phenoxy) is 1. The van der Waals surface area contributed by atoms with Gasteiger partial charge in [-0.25, -0.2) is 8.78 Å². The van der Waals surface area contributed by atoms with Gasteiger partial charge in [0.05, 0.1) is 12.1 Å². The topological polar surface area (TPSA) is 35.2 Å². The lowest BCUT2D eigenvalue weighted by Crippen LogP contribution is -1.99. The summed E-state index contributed by atoms with van der Waals surface area (Å²) in [5.41, 5.74) is 4.79. The number of methoxy groups -OCH3 is 1. The summed E-state index contributed by atoms with van der Waals surface area (Å²) in [4.78, 5) is 0.